The van der Waals surface area contributed by atoms with Crippen molar-refractivity contribution in [2.75, 3.05) is 24.2 Å². The van der Waals surface area contributed by atoms with Gasteiger partial charge in [0.05, 0.1) is 22.8 Å². The SMILES string of the molecule is CNS(=O)(=O)c1ccc(N(CC(N)=O)C(C)C)c(N)c1. The lowest BCUT2D eigenvalue weighted by molar-refractivity contribution is -0.116. The van der Waals surface area contributed by atoms with Crippen LogP contribution in [0.3, 0.4) is 0 Å². The Balaban J connectivity index is 3.24. The first-order valence-electron chi connectivity index (χ1n) is 6.07. The maximum atomic E-state index is 11.7. The maximum absolute atomic E-state index is 11.7. The fraction of sp³-hybridized carbons (Fsp3) is 0.417. The number of benzene rings is 1. The molecule has 1 aromatic rings. The van der Waals surface area contributed by atoms with Crippen molar-refractivity contribution in [2.24, 2.45) is 5.73 Å². The first-order valence-corrected chi connectivity index (χ1v) is 7.55. The van der Waals surface area contributed by atoms with Gasteiger partial charge in [-0.15, -0.1) is 0 Å². The molecule has 0 heterocycles. The number of nitrogens with zero attached hydrogens (tertiary/aromatic N) is 1. The Kier molecular flexibility index (Phi) is 4.96. The van der Waals surface area contributed by atoms with Crippen LogP contribution in [-0.2, 0) is 14.8 Å². The Morgan fingerprint density at radius 3 is 2.40 bits per heavy atom. The second-order valence-corrected chi connectivity index (χ2v) is 6.50. The lowest BCUT2D eigenvalue weighted by atomic mass is 10.2. The average Bonchev–Trinajstić information content (AvgIpc) is 2.35. The summed E-state index contributed by atoms with van der Waals surface area (Å²) in [7, 11) is -2.22. The molecule has 0 aromatic heterocycles. The largest absolute Gasteiger partial charge is 0.397 e. The highest BCUT2D eigenvalue weighted by Gasteiger charge is 2.18. The van der Waals surface area contributed by atoms with E-state index < -0.39 is 15.9 Å². The van der Waals surface area contributed by atoms with Crippen molar-refractivity contribution >= 4 is 27.3 Å². The molecule has 0 atom stereocenters. The molecule has 0 fully saturated rings. The van der Waals surface area contributed by atoms with Crippen molar-refractivity contribution in [1.82, 2.24) is 4.72 Å². The van der Waals surface area contributed by atoms with Gasteiger partial charge in [-0.05, 0) is 39.1 Å². The number of amides is 1. The molecule has 0 unspecified atom stereocenters. The second-order valence-electron chi connectivity index (χ2n) is 4.62. The molecular formula is C12H20N4O3S. The summed E-state index contributed by atoms with van der Waals surface area (Å²) >= 11 is 0. The Bertz CT molecular complexity index is 599. The van der Waals surface area contributed by atoms with E-state index in [2.05, 4.69) is 4.72 Å². The van der Waals surface area contributed by atoms with Crippen LogP contribution in [0.15, 0.2) is 23.1 Å². The number of nitrogens with one attached hydrogen (secondary N) is 1. The number of anilines is 2. The fourth-order valence-electron chi connectivity index (χ4n) is 1.79. The van der Waals surface area contributed by atoms with Crippen LogP contribution in [-0.4, -0.2) is 34.0 Å². The van der Waals surface area contributed by atoms with E-state index >= 15 is 0 Å². The molecule has 8 heteroatoms. The van der Waals surface area contributed by atoms with Crippen LogP contribution in [0.2, 0.25) is 0 Å². The van der Waals surface area contributed by atoms with Crippen LogP contribution < -0.4 is 21.1 Å². The summed E-state index contributed by atoms with van der Waals surface area (Å²) in [5, 5.41) is 0. The molecule has 1 aromatic carbocycles. The van der Waals surface area contributed by atoms with E-state index in [9.17, 15) is 13.2 Å². The minimum atomic E-state index is -3.55. The van der Waals surface area contributed by atoms with E-state index in [4.69, 9.17) is 11.5 Å². The molecule has 0 saturated heterocycles. The third-order valence-corrected chi connectivity index (χ3v) is 4.25. The topological polar surface area (TPSA) is 119 Å². The van der Waals surface area contributed by atoms with Gasteiger partial charge >= 0.3 is 0 Å². The van der Waals surface area contributed by atoms with Gasteiger partial charge in [0, 0.05) is 6.04 Å². The summed E-state index contributed by atoms with van der Waals surface area (Å²) in [6.07, 6.45) is 0. The highest BCUT2D eigenvalue weighted by Crippen LogP contribution is 2.27. The third-order valence-electron chi connectivity index (χ3n) is 2.84. The summed E-state index contributed by atoms with van der Waals surface area (Å²) in [6.45, 7) is 3.79. The zero-order chi connectivity index (χ0) is 15.5. The van der Waals surface area contributed by atoms with E-state index in [0.29, 0.717) is 5.69 Å². The Morgan fingerprint density at radius 1 is 1.40 bits per heavy atom. The maximum Gasteiger partial charge on any atom is 0.240 e. The lowest BCUT2D eigenvalue weighted by Crippen LogP contribution is -2.39. The number of nitrogen functional groups attached to an aromatic ring is 1. The van der Waals surface area contributed by atoms with E-state index in [1.165, 1.54) is 19.2 Å². The van der Waals surface area contributed by atoms with Crippen LogP contribution in [0.5, 0.6) is 0 Å². The van der Waals surface area contributed by atoms with Gasteiger partial charge in [-0.1, -0.05) is 0 Å². The van der Waals surface area contributed by atoms with E-state index in [0.717, 1.165) is 0 Å². The summed E-state index contributed by atoms with van der Waals surface area (Å²) < 4.78 is 25.6. The highest BCUT2D eigenvalue weighted by molar-refractivity contribution is 7.89. The molecule has 1 rings (SSSR count). The van der Waals surface area contributed by atoms with Crippen molar-refractivity contribution in [2.45, 2.75) is 24.8 Å². The smallest absolute Gasteiger partial charge is 0.240 e. The van der Waals surface area contributed by atoms with Crippen molar-refractivity contribution in [3.05, 3.63) is 18.2 Å². The van der Waals surface area contributed by atoms with Crippen LogP contribution >= 0.6 is 0 Å². The van der Waals surface area contributed by atoms with Gasteiger partial charge in [0.1, 0.15) is 0 Å². The van der Waals surface area contributed by atoms with Crippen molar-refractivity contribution < 1.29 is 13.2 Å². The number of sulfonamides is 1. The van der Waals surface area contributed by atoms with Crippen molar-refractivity contribution in [3.8, 4) is 0 Å². The number of hydrogen-bond acceptors (Lipinski definition) is 5. The number of nitrogens with two attached hydrogens (primary N) is 2. The van der Waals surface area contributed by atoms with Gasteiger partial charge in [-0.2, -0.15) is 0 Å². The molecule has 0 bridgehead atoms. The van der Waals surface area contributed by atoms with E-state index in [1.807, 2.05) is 13.8 Å². The van der Waals surface area contributed by atoms with E-state index in [-0.39, 0.29) is 23.2 Å². The second kappa shape index (κ2) is 6.10. The predicted octanol–water partition coefficient (Wildman–Crippen LogP) is -0.123. The summed E-state index contributed by atoms with van der Waals surface area (Å²) in [6, 6.07) is 4.37. The minimum absolute atomic E-state index is 0.00319. The van der Waals surface area contributed by atoms with Crippen molar-refractivity contribution in [1.29, 1.82) is 0 Å². The van der Waals surface area contributed by atoms with Crippen LogP contribution in [0.25, 0.3) is 0 Å². The first-order chi connectivity index (χ1) is 9.19. The summed E-state index contributed by atoms with van der Waals surface area (Å²) in [5.41, 5.74) is 12.0. The zero-order valence-electron chi connectivity index (χ0n) is 11.8. The normalized spacial score (nSPS) is 11.6. The summed E-state index contributed by atoms with van der Waals surface area (Å²) in [5.74, 6) is -0.481. The monoisotopic (exact) mass is 300 g/mol. The Hall–Kier alpha value is -1.80. The molecule has 7 nitrogen and oxygen atoms in total. The van der Waals surface area contributed by atoms with Gasteiger partial charge in [0.25, 0.3) is 0 Å². The average molecular weight is 300 g/mol. The highest BCUT2D eigenvalue weighted by atomic mass is 32.2. The quantitative estimate of drug-likeness (QED) is 0.633. The molecule has 0 saturated carbocycles. The lowest BCUT2D eigenvalue weighted by Gasteiger charge is -2.29. The minimum Gasteiger partial charge on any atom is -0.397 e. The number of primary amides is 1. The Labute approximate surface area is 119 Å². The molecule has 1 amide bonds. The first kappa shape index (κ1) is 16.3. The molecule has 0 aliphatic rings. The molecule has 112 valence electrons. The fourth-order valence-corrected chi connectivity index (χ4v) is 2.56. The molecule has 20 heavy (non-hydrogen) atoms. The van der Waals surface area contributed by atoms with Gasteiger partial charge in [-0.25, -0.2) is 13.1 Å². The number of carbonyl (C=O) groups is 1. The third kappa shape index (κ3) is 3.61. The van der Waals surface area contributed by atoms with Crippen LogP contribution in [0.4, 0.5) is 11.4 Å². The molecule has 0 aliphatic heterocycles. The molecular weight excluding hydrogens is 280 g/mol. The number of rotatable bonds is 6. The number of hydrogen-bond donors (Lipinski definition) is 3. The molecule has 0 radical (unpaired) electrons. The molecule has 5 N–H and O–H groups in total. The standard InChI is InChI=1S/C12H20N4O3S/c1-8(2)16(7-12(14)17)11-5-4-9(6-10(11)13)20(18,19)15-3/h4-6,8,15H,7,13H2,1-3H3,(H2,14,17). The molecule has 0 aliphatic carbocycles. The Morgan fingerprint density at radius 2 is 2.00 bits per heavy atom. The van der Waals surface area contributed by atoms with Crippen LogP contribution in [0, 0.1) is 0 Å². The van der Waals surface area contributed by atoms with E-state index in [1.54, 1.807) is 11.0 Å². The summed E-state index contributed by atoms with van der Waals surface area (Å²) in [4.78, 5) is 12.9. The van der Waals surface area contributed by atoms with Crippen molar-refractivity contribution in [3.63, 3.8) is 0 Å². The molecule has 0 spiro atoms. The van der Waals surface area contributed by atoms with Crippen LogP contribution in [0.1, 0.15) is 13.8 Å². The van der Waals surface area contributed by atoms with Gasteiger partial charge in [0.15, 0.2) is 0 Å². The van der Waals surface area contributed by atoms with Gasteiger partial charge < -0.3 is 16.4 Å². The number of carbonyl (C=O) groups excluding carboxylic acids is 1. The van der Waals surface area contributed by atoms with Gasteiger partial charge in [-0.3, -0.25) is 4.79 Å². The zero-order valence-corrected chi connectivity index (χ0v) is 12.6. The van der Waals surface area contributed by atoms with Gasteiger partial charge in [0.2, 0.25) is 15.9 Å². The predicted molar refractivity (Wildman–Crippen MR) is 78.8 cm³/mol.